The minimum Gasteiger partial charge on any atom is -0.219 e. The standard InChI is InChI=1S/C11H11N3/c1-8-12-9(2)14-11(13-8)10-6-4-3-5-7-10/h3-7H,1-2H3. The van der Waals surface area contributed by atoms with E-state index in [1.165, 1.54) is 0 Å². The Morgan fingerprint density at radius 1 is 0.786 bits per heavy atom. The predicted octanol–water partition coefficient (Wildman–Crippen LogP) is 2.16. The van der Waals surface area contributed by atoms with E-state index in [-0.39, 0.29) is 0 Å². The number of aryl methyl sites for hydroxylation is 2. The van der Waals surface area contributed by atoms with E-state index in [9.17, 15) is 0 Å². The summed E-state index contributed by atoms with van der Waals surface area (Å²) in [6.45, 7) is 3.75. The van der Waals surface area contributed by atoms with Gasteiger partial charge in [0.05, 0.1) is 0 Å². The summed E-state index contributed by atoms with van der Waals surface area (Å²) in [5.74, 6) is 2.27. The number of hydrogen-bond donors (Lipinski definition) is 0. The van der Waals surface area contributed by atoms with Crippen molar-refractivity contribution in [2.24, 2.45) is 0 Å². The van der Waals surface area contributed by atoms with Gasteiger partial charge in [-0.3, -0.25) is 0 Å². The van der Waals surface area contributed by atoms with E-state index in [4.69, 9.17) is 0 Å². The van der Waals surface area contributed by atoms with Gasteiger partial charge in [0.15, 0.2) is 5.82 Å². The van der Waals surface area contributed by atoms with Crippen molar-refractivity contribution in [3.63, 3.8) is 0 Å². The summed E-state index contributed by atoms with van der Waals surface area (Å²) in [4.78, 5) is 12.7. The molecule has 0 aliphatic heterocycles. The molecule has 0 amide bonds. The Balaban J connectivity index is 2.52. The van der Waals surface area contributed by atoms with Crippen LogP contribution in [0.2, 0.25) is 0 Å². The van der Waals surface area contributed by atoms with Crippen molar-refractivity contribution in [1.82, 2.24) is 15.0 Å². The normalized spacial score (nSPS) is 10.1. The average molecular weight is 185 g/mol. The molecule has 70 valence electrons. The maximum absolute atomic E-state index is 4.28. The van der Waals surface area contributed by atoms with Crippen molar-refractivity contribution in [3.8, 4) is 11.4 Å². The molecular weight excluding hydrogens is 174 g/mol. The molecule has 1 heterocycles. The molecule has 0 spiro atoms. The number of hydrogen-bond acceptors (Lipinski definition) is 3. The van der Waals surface area contributed by atoms with Crippen molar-refractivity contribution < 1.29 is 0 Å². The van der Waals surface area contributed by atoms with Crippen LogP contribution >= 0.6 is 0 Å². The maximum atomic E-state index is 4.28. The lowest BCUT2D eigenvalue weighted by molar-refractivity contribution is 0.928. The van der Waals surface area contributed by atoms with Crippen LogP contribution in [0.3, 0.4) is 0 Å². The van der Waals surface area contributed by atoms with Gasteiger partial charge in [0.1, 0.15) is 11.6 Å². The molecule has 0 aliphatic carbocycles. The van der Waals surface area contributed by atoms with Crippen molar-refractivity contribution in [2.45, 2.75) is 13.8 Å². The summed E-state index contributed by atoms with van der Waals surface area (Å²) in [5.41, 5.74) is 1.03. The summed E-state index contributed by atoms with van der Waals surface area (Å²) in [5, 5.41) is 0. The molecule has 3 heteroatoms. The van der Waals surface area contributed by atoms with E-state index in [1.54, 1.807) is 0 Å². The van der Waals surface area contributed by atoms with Gasteiger partial charge < -0.3 is 0 Å². The fraction of sp³-hybridized carbons (Fsp3) is 0.182. The minimum absolute atomic E-state index is 0.746. The predicted molar refractivity (Wildman–Crippen MR) is 54.7 cm³/mol. The zero-order valence-electron chi connectivity index (χ0n) is 8.23. The van der Waals surface area contributed by atoms with Crippen LogP contribution in [0.1, 0.15) is 11.6 Å². The van der Waals surface area contributed by atoms with Gasteiger partial charge in [-0.25, -0.2) is 15.0 Å². The highest BCUT2D eigenvalue weighted by atomic mass is 15.0. The van der Waals surface area contributed by atoms with Crippen LogP contribution in [0, 0.1) is 13.8 Å². The molecule has 0 bridgehead atoms. The van der Waals surface area contributed by atoms with Crippen LogP contribution < -0.4 is 0 Å². The first-order valence-corrected chi connectivity index (χ1v) is 4.50. The molecule has 2 rings (SSSR count). The summed E-state index contributed by atoms with van der Waals surface area (Å²) in [7, 11) is 0. The molecule has 0 aliphatic rings. The van der Waals surface area contributed by atoms with Gasteiger partial charge in [0.25, 0.3) is 0 Å². The SMILES string of the molecule is Cc1nc(C)nc(-c2ccccc2)n1. The Labute approximate surface area is 82.9 Å². The molecule has 1 aromatic heterocycles. The second-order valence-corrected chi connectivity index (χ2v) is 3.12. The molecule has 0 unspecified atom stereocenters. The Hall–Kier alpha value is -1.77. The summed E-state index contributed by atoms with van der Waals surface area (Å²) >= 11 is 0. The van der Waals surface area contributed by atoms with Crippen molar-refractivity contribution in [3.05, 3.63) is 42.0 Å². The van der Waals surface area contributed by atoms with Gasteiger partial charge in [-0.2, -0.15) is 0 Å². The quantitative estimate of drug-likeness (QED) is 0.683. The Morgan fingerprint density at radius 2 is 1.36 bits per heavy atom. The van der Waals surface area contributed by atoms with Crippen molar-refractivity contribution >= 4 is 0 Å². The number of aromatic nitrogens is 3. The summed E-state index contributed by atoms with van der Waals surface area (Å²) in [6.07, 6.45) is 0. The zero-order valence-corrected chi connectivity index (χ0v) is 8.23. The second kappa shape index (κ2) is 3.54. The van der Waals surface area contributed by atoms with Crippen LogP contribution in [0.25, 0.3) is 11.4 Å². The molecule has 0 radical (unpaired) electrons. The molecule has 0 N–H and O–H groups in total. The van der Waals surface area contributed by atoms with Gasteiger partial charge in [0.2, 0.25) is 0 Å². The molecule has 0 saturated heterocycles. The number of benzene rings is 1. The number of nitrogens with zero attached hydrogens (tertiary/aromatic N) is 3. The molecule has 2 aromatic rings. The lowest BCUT2D eigenvalue weighted by Crippen LogP contribution is -1.98. The Kier molecular flexibility index (Phi) is 2.23. The van der Waals surface area contributed by atoms with E-state index >= 15 is 0 Å². The first kappa shape index (κ1) is 8.81. The van der Waals surface area contributed by atoms with Crippen molar-refractivity contribution in [2.75, 3.05) is 0 Å². The topological polar surface area (TPSA) is 38.7 Å². The lowest BCUT2D eigenvalue weighted by atomic mass is 10.2. The fourth-order valence-corrected chi connectivity index (χ4v) is 1.33. The van der Waals surface area contributed by atoms with Crippen molar-refractivity contribution in [1.29, 1.82) is 0 Å². The van der Waals surface area contributed by atoms with E-state index < -0.39 is 0 Å². The summed E-state index contributed by atoms with van der Waals surface area (Å²) < 4.78 is 0. The Bertz CT molecular complexity index is 417. The Morgan fingerprint density at radius 3 is 1.93 bits per heavy atom. The third-order valence-corrected chi connectivity index (χ3v) is 1.89. The monoisotopic (exact) mass is 185 g/mol. The first-order chi connectivity index (χ1) is 6.75. The van der Waals surface area contributed by atoms with E-state index in [0.717, 1.165) is 23.0 Å². The lowest BCUT2D eigenvalue weighted by Gasteiger charge is -2.01. The van der Waals surface area contributed by atoms with Crippen LogP contribution in [-0.4, -0.2) is 15.0 Å². The maximum Gasteiger partial charge on any atom is 0.163 e. The van der Waals surface area contributed by atoms with Gasteiger partial charge in [-0.05, 0) is 13.8 Å². The average Bonchev–Trinajstić information content (AvgIpc) is 2.18. The summed E-state index contributed by atoms with van der Waals surface area (Å²) in [6, 6.07) is 9.92. The zero-order chi connectivity index (χ0) is 9.97. The fourth-order valence-electron chi connectivity index (χ4n) is 1.33. The van der Waals surface area contributed by atoms with Crippen LogP contribution in [0.15, 0.2) is 30.3 Å². The molecule has 14 heavy (non-hydrogen) atoms. The molecule has 1 aromatic carbocycles. The van der Waals surface area contributed by atoms with Gasteiger partial charge in [-0.1, -0.05) is 30.3 Å². The van der Waals surface area contributed by atoms with E-state index in [2.05, 4.69) is 15.0 Å². The van der Waals surface area contributed by atoms with E-state index in [0.29, 0.717) is 0 Å². The highest BCUT2D eigenvalue weighted by molar-refractivity contribution is 5.54. The van der Waals surface area contributed by atoms with Crippen LogP contribution in [0.5, 0.6) is 0 Å². The smallest absolute Gasteiger partial charge is 0.163 e. The third kappa shape index (κ3) is 1.76. The number of rotatable bonds is 1. The highest BCUT2D eigenvalue weighted by Gasteiger charge is 2.02. The van der Waals surface area contributed by atoms with Gasteiger partial charge in [0, 0.05) is 5.56 Å². The largest absolute Gasteiger partial charge is 0.219 e. The second-order valence-electron chi connectivity index (χ2n) is 3.12. The van der Waals surface area contributed by atoms with Crippen LogP contribution in [0.4, 0.5) is 0 Å². The minimum atomic E-state index is 0.746. The molecule has 3 nitrogen and oxygen atoms in total. The highest BCUT2D eigenvalue weighted by Crippen LogP contribution is 2.13. The molecular formula is C11H11N3. The van der Waals surface area contributed by atoms with E-state index in [1.807, 2.05) is 44.2 Å². The van der Waals surface area contributed by atoms with Gasteiger partial charge >= 0.3 is 0 Å². The molecule has 0 fully saturated rings. The van der Waals surface area contributed by atoms with Crippen LogP contribution in [-0.2, 0) is 0 Å². The molecule has 0 atom stereocenters. The first-order valence-electron chi connectivity index (χ1n) is 4.50. The molecule has 0 saturated carbocycles. The van der Waals surface area contributed by atoms with Gasteiger partial charge in [-0.15, -0.1) is 0 Å². The third-order valence-electron chi connectivity index (χ3n) is 1.89.